The van der Waals surface area contributed by atoms with Gasteiger partial charge in [-0.2, -0.15) is 0 Å². The van der Waals surface area contributed by atoms with E-state index in [9.17, 15) is 24.3 Å². The Balaban J connectivity index is 2.51. The van der Waals surface area contributed by atoms with E-state index in [4.69, 9.17) is 10.5 Å². The van der Waals surface area contributed by atoms with Gasteiger partial charge in [0.05, 0.1) is 6.42 Å². The molecule has 0 aliphatic heterocycles. The second kappa shape index (κ2) is 12.8. The van der Waals surface area contributed by atoms with E-state index in [0.29, 0.717) is 17.7 Å². The van der Waals surface area contributed by atoms with Crippen LogP contribution in [-0.2, 0) is 19.1 Å². The van der Waals surface area contributed by atoms with Gasteiger partial charge in [-0.3, -0.25) is 14.4 Å². The summed E-state index contributed by atoms with van der Waals surface area (Å²) in [5.74, 6) is -2.13. The Kier molecular flexibility index (Phi) is 10.0. The van der Waals surface area contributed by atoms with Crippen LogP contribution in [0.25, 0.3) is 0 Å². The standard InChI is InChI=1S/C27H36N4O6/c1-6-14-31(25(35)21(16-22(28)33)30-26(36)37-27(3,4)5)23(18-11-9-12-19(32)15-18)24(34)29-20-13-8-7-10-17(20)2/h7-13,15,21,23,32H,6,14,16H2,1-5H3,(H2,28,33)(H,29,34)(H,30,36). The number of benzene rings is 2. The molecule has 5 N–H and O–H groups in total. The summed E-state index contributed by atoms with van der Waals surface area (Å²) in [5.41, 5.74) is 6.26. The van der Waals surface area contributed by atoms with Gasteiger partial charge in [0.1, 0.15) is 23.4 Å². The van der Waals surface area contributed by atoms with Gasteiger partial charge in [-0.15, -0.1) is 0 Å². The lowest BCUT2D eigenvalue weighted by Gasteiger charge is -2.34. The number of hydrogen-bond acceptors (Lipinski definition) is 6. The van der Waals surface area contributed by atoms with E-state index in [1.54, 1.807) is 45.0 Å². The van der Waals surface area contributed by atoms with E-state index in [-0.39, 0.29) is 12.3 Å². The van der Waals surface area contributed by atoms with Crippen LogP contribution >= 0.6 is 0 Å². The number of aryl methyl sites for hydroxylation is 1. The Morgan fingerprint density at radius 2 is 1.76 bits per heavy atom. The van der Waals surface area contributed by atoms with E-state index < -0.39 is 47.9 Å². The Morgan fingerprint density at radius 1 is 1.08 bits per heavy atom. The highest BCUT2D eigenvalue weighted by Gasteiger charge is 2.37. The molecule has 2 unspecified atom stereocenters. The van der Waals surface area contributed by atoms with Crippen LogP contribution in [0.1, 0.15) is 57.7 Å². The first kappa shape index (κ1) is 29.2. The smallest absolute Gasteiger partial charge is 0.408 e. The van der Waals surface area contributed by atoms with Crippen LogP contribution in [0.15, 0.2) is 48.5 Å². The number of ether oxygens (including phenoxy) is 1. The van der Waals surface area contributed by atoms with Crippen molar-refractivity contribution in [2.45, 2.75) is 65.1 Å². The predicted octanol–water partition coefficient (Wildman–Crippen LogP) is 3.39. The van der Waals surface area contributed by atoms with Crippen LogP contribution in [0.5, 0.6) is 5.75 Å². The molecule has 0 heterocycles. The molecule has 2 aromatic rings. The zero-order valence-electron chi connectivity index (χ0n) is 21.9. The number of phenolic OH excluding ortho intramolecular Hbond substituents is 1. The minimum atomic E-state index is -1.37. The largest absolute Gasteiger partial charge is 0.508 e. The quantitative estimate of drug-likeness (QED) is 0.383. The van der Waals surface area contributed by atoms with E-state index in [2.05, 4.69) is 10.6 Å². The van der Waals surface area contributed by atoms with Crippen LogP contribution in [0.3, 0.4) is 0 Å². The number of anilines is 1. The lowest BCUT2D eigenvalue weighted by Crippen LogP contribution is -2.53. The van der Waals surface area contributed by atoms with Crippen molar-refractivity contribution in [3.8, 4) is 5.75 Å². The minimum absolute atomic E-state index is 0.0874. The molecule has 37 heavy (non-hydrogen) atoms. The van der Waals surface area contributed by atoms with Crippen molar-refractivity contribution in [3.05, 3.63) is 59.7 Å². The molecule has 10 nitrogen and oxygen atoms in total. The van der Waals surface area contributed by atoms with Crippen LogP contribution in [0, 0.1) is 6.92 Å². The normalized spacial score (nSPS) is 12.7. The topological polar surface area (TPSA) is 151 Å². The lowest BCUT2D eigenvalue weighted by molar-refractivity contribution is -0.141. The van der Waals surface area contributed by atoms with Crippen LogP contribution in [0.4, 0.5) is 10.5 Å². The number of phenols is 1. The molecule has 0 radical (unpaired) electrons. The van der Waals surface area contributed by atoms with Gasteiger partial charge in [-0.25, -0.2) is 4.79 Å². The fraction of sp³-hybridized carbons (Fsp3) is 0.407. The number of rotatable bonds is 10. The van der Waals surface area contributed by atoms with E-state index in [1.165, 1.54) is 17.0 Å². The highest BCUT2D eigenvalue weighted by molar-refractivity contribution is 6.00. The number of amides is 4. The van der Waals surface area contributed by atoms with E-state index in [0.717, 1.165) is 5.56 Å². The molecule has 0 aliphatic carbocycles. The van der Waals surface area contributed by atoms with Crippen LogP contribution in [0.2, 0.25) is 0 Å². The van der Waals surface area contributed by atoms with Gasteiger partial charge in [0, 0.05) is 12.2 Å². The maximum atomic E-state index is 13.8. The second-order valence-corrected chi connectivity index (χ2v) is 9.70. The zero-order chi connectivity index (χ0) is 27.8. The maximum absolute atomic E-state index is 13.8. The molecule has 2 atom stereocenters. The molecule has 0 aromatic heterocycles. The van der Waals surface area contributed by atoms with E-state index >= 15 is 0 Å². The first-order valence-corrected chi connectivity index (χ1v) is 12.1. The molecule has 200 valence electrons. The Labute approximate surface area is 217 Å². The van der Waals surface area contributed by atoms with Crippen molar-refractivity contribution in [1.82, 2.24) is 10.2 Å². The highest BCUT2D eigenvalue weighted by atomic mass is 16.6. The highest BCUT2D eigenvalue weighted by Crippen LogP contribution is 2.28. The summed E-state index contributed by atoms with van der Waals surface area (Å²) in [4.78, 5) is 53.0. The third-order valence-electron chi connectivity index (χ3n) is 5.29. The summed E-state index contributed by atoms with van der Waals surface area (Å²) in [6.07, 6.45) is -0.930. The first-order chi connectivity index (χ1) is 17.3. The predicted molar refractivity (Wildman–Crippen MR) is 140 cm³/mol. The van der Waals surface area contributed by atoms with Crippen molar-refractivity contribution in [2.75, 3.05) is 11.9 Å². The Morgan fingerprint density at radius 3 is 2.32 bits per heavy atom. The third-order valence-corrected chi connectivity index (χ3v) is 5.29. The SMILES string of the molecule is CCCN(C(=O)C(CC(N)=O)NC(=O)OC(C)(C)C)C(C(=O)Nc1ccccc1C)c1cccc(O)c1. The molecular weight excluding hydrogens is 476 g/mol. The molecular formula is C27H36N4O6. The summed E-state index contributed by atoms with van der Waals surface area (Å²) in [5, 5.41) is 15.4. The van der Waals surface area contributed by atoms with Gasteiger partial charge in [0.15, 0.2) is 0 Å². The number of carbonyl (C=O) groups is 4. The van der Waals surface area contributed by atoms with Crippen molar-refractivity contribution < 1.29 is 29.0 Å². The van der Waals surface area contributed by atoms with Crippen molar-refractivity contribution in [1.29, 1.82) is 0 Å². The number of carbonyl (C=O) groups excluding carboxylic acids is 4. The number of nitrogens with one attached hydrogen (secondary N) is 2. The summed E-state index contributed by atoms with van der Waals surface area (Å²) < 4.78 is 5.25. The molecule has 0 spiro atoms. The molecule has 2 rings (SSSR count). The summed E-state index contributed by atoms with van der Waals surface area (Å²) in [6.45, 7) is 8.76. The molecule has 0 saturated carbocycles. The first-order valence-electron chi connectivity index (χ1n) is 12.1. The van der Waals surface area contributed by atoms with Crippen molar-refractivity contribution in [3.63, 3.8) is 0 Å². The zero-order valence-corrected chi connectivity index (χ0v) is 21.9. The number of para-hydroxylation sites is 1. The fourth-order valence-electron chi connectivity index (χ4n) is 3.74. The molecule has 0 bridgehead atoms. The Bertz CT molecular complexity index is 1130. The van der Waals surface area contributed by atoms with Gasteiger partial charge >= 0.3 is 6.09 Å². The van der Waals surface area contributed by atoms with Gasteiger partial charge < -0.3 is 31.1 Å². The number of alkyl carbamates (subject to hydrolysis) is 1. The summed E-state index contributed by atoms with van der Waals surface area (Å²) in [7, 11) is 0. The average Bonchev–Trinajstić information content (AvgIpc) is 2.78. The third kappa shape index (κ3) is 8.82. The summed E-state index contributed by atoms with van der Waals surface area (Å²) in [6, 6.07) is 10.6. The Hall–Kier alpha value is -4.08. The summed E-state index contributed by atoms with van der Waals surface area (Å²) >= 11 is 0. The van der Waals surface area contributed by atoms with Gasteiger partial charge in [-0.1, -0.05) is 37.3 Å². The molecule has 0 fully saturated rings. The monoisotopic (exact) mass is 512 g/mol. The fourth-order valence-corrected chi connectivity index (χ4v) is 3.74. The van der Waals surface area contributed by atoms with Crippen LogP contribution < -0.4 is 16.4 Å². The minimum Gasteiger partial charge on any atom is -0.508 e. The lowest BCUT2D eigenvalue weighted by atomic mass is 10.0. The second-order valence-electron chi connectivity index (χ2n) is 9.70. The number of primary amides is 1. The maximum Gasteiger partial charge on any atom is 0.408 e. The average molecular weight is 513 g/mol. The molecule has 10 heteroatoms. The van der Waals surface area contributed by atoms with Crippen molar-refractivity contribution >= 4 is 29.5 Å². The molecule has 2 aromatic carbocycles. The molecule has 4 amide bonds. The van der Waals surface area contributed by atoms with E-state index in [1.807, 2.05) is 26.0 Å². The number of nitrogens with two attached hydrogens (primary N) is 1. The number of hydrogen-bond donors (Lipinski definition) is 4. The molecule has 0 saturated heterocycles. The van der Waals surface area contributed by atoms with Gasteiger partial charge in [-0.05, 0) is 63.4 Å². The number of nitrogens with zero attached hydrogens (tertiary/aromatic N) is 1. The van der Waals surface area contributed by atoms with Crippen LogP contribution in [-0.4, -0.2) is 52.0 Å². The van der Waals surface area contributed by atoms with Gasteiger partial charge in [0.25, 0.3) is 5.91 Å². The molecule has 0 aliphatic rings. The van der Waals surface area contributed by atoms with Gasteiger partial charge in [0.2, 0.25) is 11.8 Å². The van der Waals surface area contributed by atoms with Crippen molar-refractivity contribution in [2.24, 2.45) is 5.73 Å². The number of aromatic hydroxyl groups is 1.